The first kappa shape index (κ1) is 18.4. The highest BCUT2D eigenvalue weighted by Gasteiger charge is 2.27. The number of rotatable bonds is 7. The Hall–Kier alpha value is -2.41. The Balaban J connectivity index is 1.60. The summed E-state index contributed by atoms with van der Waals surface area (Å²) in [7, 11) is 0. The maximum Gasteiger partial charge on any atom is 0.254 e. The first-order valence-electron chi connectivity index (χ1n) is 8.93. The molecule has 2 aliphatic rings. The van der Waals surface area contributed by atoms with Crippen LogP contribution in [0.2, 0.25) is 0 Å². The number of nitrogens with zero attached hydrogens (tertiary/aromatic N) is 1. The standard InChI is InChI=1S/C19H24FN3O3/c20-9-13(10-21)12-26-16-4-5-17-14(8-16)6-7-23(19(17)25)11-18(24)22-15-2-1-3-15/h4-5,8-9,15H,1-3,6-7,10-12,21H2,(H,22,24)/b13-9+. The molecule has 0 unspecified atom stereocenters. The van der Waals surface area contributed by atoms with Crippen molar-refractivity contribution < 1.29 is 18.7 Å². The number of carbonyl (C=O) groups excluding carboxylic acids is 2. The van der Waals surface area contributed by atoms with Gasteiger partial charge in [0.1, 0.15) is 12.4 Å². The molecule has 3 rings (SSSR count). The van der Waals surface area contributed by atoms with E-state index >= 15 is 0 Å². The molecule has 0 spiro atoms. The molecule has 1 fully saturated rings. The number of amides is 2. The van der Waals surface area contributed by atoms with Gasteiger partial charge in [-0.05, 0) is 49.4 Å². The Kier molecular flexibility index (Phi) is 5.88. The summed E-state index contributed by atoms with van der Waals surface area (Å²) in [5, 5.41) is 2.96. The van der Waals surface area contributed by atoms with Crippen LogP contribution in [-0.4, -0.2) is 49.0 Å². The van der Waals surface area contributed by atoms with E-state index in [1.165, 1.54) is 0 Å². The monoisotopic (exact) mass is 361 g/mol. The van der Waals surface area contributed by atoms with Gasteiger partial charge in [0.2, 0.25) is 5.91 Å². The molecule has 7 heteroatoms. The Labute approximate surface area is 152 Å². The van der Waals surface area contributed by atoms with Crippen LogP contribution < -0.4 is 15.8 Å². The molecule has 1 aromatic carbocycles. The third-order valence-electron chi connectivity index (χ3n) is 4.89. The highest BCUT2D eigenvalue weighted by Crippen LogP contribution is 2.24. The molecule has 1 aliphatic heterocycles. The Bertz CT molecular complexity index is 716. The summed E-state index contributed by atoms with van der Waals surface area (Å²) in [6.07, 6.45) is 4.30. The van der Waals surface area contributed by atoms with Gasteiger partial charge in [-0.25, -0.2) is 4.39 Å². The quantitative estimate of drug-likeness (QED) is 0.772. The second-order valence-electron chi connectivity index (χ2n) is 6.75. The molecule has 0 radical (unpaired) electrons. The summed E-state index contributed by atoms with van der Waals surface area (Å²) in [4.78, 5) is 26.3. The smallest absolute Gasteiger partial charge is 0.254 e. The predicted octanol–water partition coefficient (Wildman–Crippen LogP) is 1.54. The van der Waals surface area contributed by atoms with Gasteiger partial charge < -0.3 is 20.7 Å². The number of halogens is 1. The minimum atomic E-state index is -0.145. The molecule has 1 saturated carbocycles. The van der Waals surface area contributed by atoms with Crippen LogP contribution in [-0.2, 0) is 11.2 Å². The number of hydrogen-bond acceptors (Lipinski definition) is 4. The Morgan fingerprint density at radius 2 is 2.23 bits per heavy atom. The minimum Gasteiger partial charge on any atom is -0.489 e. The van der Waals surface area contributed by atoms with Crippen molar-refractivity contribution in [3.05, 3.63) is 41.2 Å². The molecule has 0 atom stereocenters. The van der Waals surface area contributed by atoms with Crippen LogP contribution in [0, 0.1) is 0 Å². The van der Waals surface area contributed by atoms with Crippen LogP contribution in [0.3, 0.4) is 0 Å². The minimum absolute atomic E-state index is 0.0766. The lowest BCUT2D eigenvalue weighted by Crippen LogP contribution is -2.48. The molecule has 26 heavy (non-hydrogen) atoms. The van der Waals surface area contributed by atoms with Crippen molar-refractivity contribution in [3.63, 3.8) is 0 Å². The Morgan fingerprint density at radius 3 is 2.88 bits per heavy atom. The van der Waals surface area contributed by atoms with Gasteiger partial charge in [0.15, 0.2) is 0 Å². The van der Waals surface area contributed by atoms with E-state index < -0.39 is 0 Å². The van der Waals surface area contributed by atoms with Crippen molar-refractivity contribution in [2.45, 2.75) is 31.7 Å². The second-order valence-corrected chi connectivity index (χ2v) is 6.75. The van der Waals surface area contributed by atoms with Gasteiger partial charge in [-0.1, -0.05) is 0 Å². The first-order chi connectivity index (χ1) is 12.6. The highest BCUT2D eigenvalue weighted by atomic mass is 19.1. The molecule has 1 aliphatic carbocycles. The van der Waals surface area contributed by atoms with Gasteiger partial charge in [0, 0.05) is 30.3 Å². The van der Waals surface area contributed by atoms with Crippen LogP contribution in [0.4, 0.5) is 4.39 Å². The topological polar surface area (TPSA) is 84.7 Å². The zero-order valence-electron chi connectivity index (χ0n) is 14.7. The lowest BCUT2D eigenvalue weighted by atomic mass is 9.93. The summed E-state index contributed by atoms with van der Waals surface area (Å²) < 4.78 is 18.1. The van der Waals surface area contributed by atoms with Gasteiger partial charge in [-0.3, -0.25) is 9.59 Å². The summed E-state index contributed by atoms with van der Waals surface area (Å²) in [5.74, 6) is 0.326. The fourth-order valence-electron chi connectivity index (χ4n) is 3.06. The van der Waals surface area contributed by atoms with E-state index in [-0.39, 0.29) is 37.6 Å². The molecular weight excluding hydrogens is 337 g/mol. The predicted molar refractivity (Wildman–Crippen MR) is 95.6 cm³/mol. The van der Waals surface area contributed by atoms with E-state index in [2.05, 4.69) is 5.32 Å². The molecule has 140 valence electrons. The largest absolute Gasteiger partial charge is 0.489 e. The van der Waals surface area contributed by atoms with Gasteiger partial charge >= 0.3 is 0 Å². The van der Waals surface area contributed by atoms with Crippen LogP contribution in [0.15, 0.2) is 30.1 Å². The number of hydrogen-bond donors (Lipinski definition) is 2. The maximum absolute atomic E-state index is 12.6. The van der Waals surface area contributed by atoms with Crippen molar-refractivity contribution in [1.29, 1.82) is 0 Å². The van der Waals surface area contributed by atoms with Gasteiger partial charge in [0.25, 0.3) is 5.91 Å². The van der Waals surface area contributed by atoms with Crippen molar-refractivity contribution in [2.24, 2.45) is 5.73 Å². The van der Waals surface area contributed by atoms with Crippen LogP contribution in [0.1, 0.15) is 35.2 Å². The summed E-state index contributed by atoms with van der Waals surface area (Å²) in [6.45, 7) is 0.755. The van der Waals surface area contributed by atoms with Gasteiger partial charge in [-0.2, -0.15) is 0 Å². The third-order valence-corrected chi connectivity index (χ3v) is 4.89. The zero-order valence-corrected chi connectivity index (χ0v) is 14.7. The number of nitrogens with two attached hydrogens (primary N) is 1. The lowest BCUT2D eigenvalue weighted by Gasteiger charge is -2.31. The molecule has 0 saturated heterocycles. The average molecular weight is 361 g/mol. The molecule has 0 bridgehead atoms. The highest BCUT2D eigenvalue weighted by molar-refractivity contribution is 5.98. The normalized spacial score (nSPS) is 17.5. The molecule has 3 N–H and O–H groups in total. The maximum atomic E-state index is 12.6. The van der Waals surface area contributed by atoms with E-state index in [1.54, 1.807) is 23.1 Å². The number of nitrogens with one attached hydrogen (secondary N) is 1. The summed E-state index contributed by atoms with van der Waals surface area (Å²) in [6, 6.07) is 5.45. The van der Waals surface area contributed by atoms with E-state index in [0.29, 0.717) is 36.2 Å². The number of benzene rings is 1. The second kappa shape index (κ2) is 8.31. The molecule has 6 nitrogen and oxygen atoms in total. The molecule has 2 amide bonds. The first-order valence-corrected chi connectivity index (χ1v) is 8.93. The summed E-state index contributed by atoms with van der Waals surface area (Å²) in [5.41, 5.74) is 7.23. The van der Waals surface area contributed by atoms with Crippen LogP contribution >= 0.6 is 0 Å². The average Bonchev–Trinajstić information content (AvgIpc) is 2.61. The van der Waals surface area contributed by atoms with E-state index in [4.69, 9.17) is 10.5 Å². The lowest BCUT2D eigenvalue weighted by molar-refractivity contribution is -0.123. The summed E-state index contributed by atoms with van der Waals surface area (Å²) >= 11 is 0. The van der Waals surface area contributed by atoms with Crippen LogP contribution in [0.5, 0.6) is 5.75 Å². The molecule has 0 aromatic heterocycles. The van der Waals surface area contributed by atoms with Crippen molar-refractivity contribution >= 4 is 11.8 Å². The third kappa shape index (κ3) is 4.22. The zero-order chi connectivity index (χ0) is 18.5. The number of fused-ring (bicyclic) bond motifs is 1. The van der Waals surface area contributed by atoms with Crippen molar-refractivity contribution in [2.75, 3.05) is 26.2 Å². The SMILES string of the molecule is NC/C(=C\F)COc1ccc2c(c1)CCN(CC(=O)NC1CCC1)C2=O. The number of carbonyl (C=O) groups is 2. The van der Waals surface area contributed by atoms with E-state index in [0.717, 1.165) is 24.8 Å². The van der Waals surface area contributed by atoms with Crippen molar-refractivity contribution in [3.8, 4) is 5.75 Å². The molecule has 1 heterocycles. The van der Waals surface area contributed by atoms with Gasteiger partial charge in [0.05, 0.1) is 12.9 Å². The van der Waals surface area contributed by atoms with Crippen LogP contribution in [0.25, 0.3) is 0 Å². The van der Waals surface area contributed by atoms with Gasteiger partial charge in [-0.15, -0.1) is 0 Å². The Morgan fingerprint density at radius 1 is 1.42 bits per heavy atom. The van der Waals surface area contributed by atoms with E-state index in [9.17, 15) is 14.0 Å². The van der Waals surface area contributed by atoms with E-state index in [1.807, 2.05) is 0 Å². The fraction of sp³-hybridized carbons (Fsp3) is 0.474. The molecular formula is C19H24FN3O3. The van der Waals surface area contributed by atoms with Crippen molar-refractivity contribution in [1.82, 2.24) is 10.2 Å². The number of ether oxygens (including phenoxy) is 1. The fourth-order valence-corrected chi connectivity index (χ4v) is 3.06. The molecule has 1 aromatic rings.